The highest BCUT2D eigenvalue weighted by atomic mass is 16.5. The van der Waals surface area contributed by atoms with Crippen LogP contribution < -0.4 is 10.1 Å². The molecular formula is C23H28N2O3. The monoisotopic (exact) mass is 380 g/mol. The molecule has 0 radical (unpaired) electrons. The summed E-state index contributed by atoms with van der Waals surface area (Å²) >= 11 is 0. The average molecular weight is 380 g/mol. The second kappa shape index (κ2) is 8.05. The van der Waals surface area contributed by atoms with Crippen molar-refractivity contribution in [3.63, 3.8) is 0 Å². The molecule has 5 heteroatoms. The smallest absolute Gasteiger partial charge is 0.263 e. The van der Waals surface area contributed by atoms with Gasteiger partial charge in [-0.2, -0.15) is 0 Å². The molecule has 2 aromatic rings. The lowest BCUT2D eigenvalue weighted by molar-refractivity contribution is -0.138. The van der Waals surface area contributed by atoms with Crippen molar-refractivity contribution in [1.29, 1.82) is 0 Å². The highest BCUT2D eigenvalue weighted by Crippen LogP contribution is 2.30. The standard InChI is InChI=1S/C23H28N2O3/c1-16-22(27)25(14-17-8-6-5-7-9-17)15-18-12-19(10-11-20(18)28-16)24-21(26)13-23(2,3)4/h5-12,16H,13-15H2,1-4H3,(H,24,26)/t16-/m0/s1. The van der Waals surface area contributed by atoms with Crippen LogP contribution in [0.25, 0.3) is 0 Å². The fraction of sp³-hybridized carbons (Fsp3) is 0.391. The Kier molecular flexibility index (Phi) is 5.73. The summed E-state index contributed by atoms with van der Waals surface area (Å²) in [6, 6.07) is 15.5. The highest BCUT2D eigenvalue weighted by molar-refractivity contribution is 5.91. The number of rotatable bonds is 4. The predicted molar refractivity (Wildman–Crippen MR) is 110 cm³/mol. The van der Waals surface area contributed by atoms with Crippen LogP contribution in [0.3, 0.4) is 0 Å². The summed E-state index contributed by atoms with van der Waals surface area (Å²) in [5.41, 5.74) is 2.61. The van der Waals surface area contributed by atoms with Crippen LogP contribution in [0.2, 0.25) is 0 Å². The fourth-order valence-corrected chi connectivity index (χ4v) is 3.30. The van der Waals surface area contributed by atoms with Crippen molar-refractivity contribution in [3.05, 3.63) is 59.7 Å². The Balaban J connectivity index is 1.80. The number of ether oxygens (including phenoxy) is 1. The topological polar surface area (TPSA) is 58.6 Å². The third-order valence-electron chi connectivity index (χ3n) is 4.58. The Labute approximate surface area is 166 Å². The lowest BCUT2D eigenvalue weighted by Gasteiger charge is -2.22. The minimum absolute atomic E-state index is 0.0208. The Bertz CT molecular complexity index is 856. The number of nitrogens with zero attached hydrogens (tertiary/aromatic N) is 1. The van der Waals surface area contributed by atoms with Gasteiger partial charge in [0.25, 0.3) is 5.91 Å². The van der Waals surface area contributed by atoms with Crippen LogP contribution in [-0.4, -0.2) is 22.8 Å². The van der Waals surface area contributed by atoms with E-state index in [-0.39, 0.29) is 17.2 Å². The minimum Gasteiger partial charge on any atom is -0.481 e. The zero-order valence-corrected chi connectivity index (χ0v) is 17.0. The summed E-state index contributed by atoms with van der Waals surface area (Å²) in [4.78, 5) is 26.8. The van der Waals surface area contributed by atoms with Crippen LogP contribution in [0, 0.1) is 5.41 Å². The Morgan fingerprint density at radius 3 is 2.57 bits per heavy atom. The molecule has 1 heterocycles. The van der Waals surface area contributed by atoms with Gasteiger partial charge < -0.3 is 15.0 Å². The van der Waals surface area contributed by atoms with Gasteiger partial charge in [0.05, 0.1) is 0 Å². The van der Waals surface area contributed by atoms with Crippen LogP contribution in [0.4, 0.5) is 5.69 Å². The summed E-state index contributed by atoms with van der Waals surface area (Å²) in [7, 11) is 0. The molecule has 0 saturated carbocycles. The van der Waals surface area contributed by atoms with E-state index in [1.807, 2.05) is 69.3 Å². The molecule has 0 unspecified atom stereocenters. The average Bonchev–Trinajstić information content (AvgIpc) is 2.72. The lowest BCUT2D eigenvalue weighted by Crippen LogP contribution is -2.37. The van der Waals surface area contributed by atoms with Crippen LogP contribution >= 0.6 is 0 Å². The Morgan fingerprint density at radius 2 is 1.89 bits per heavy atom. The van der Waals surface area contributed by atoms with E-state index in [0.717, 1.165) is 16.8 Å². The van der Waals surface area contributed by atoms with Crippen molar-refractivity contribution in [2.75, 3.05) is 5.32 Å². The number of fused-ring (bicyclic) bond motifs is 1. The second-order valence-corrected chi connectivity index (χ2v) is 8.55. The molecule has 0 bridgehead atoms. The molecule has 1 aliphatic heterocycles. The van der Waals surface area contributed by atoms with Gasteiger partial charge in [-0.25, -0.2) is 0 Å². The fourth-order valence-electron chi connectivity index (χ4n) is 3.30. The Hall–Kier alpha value is -2.82. The van der Waals surface area contributed by atoms with Gasteiger partial charge in [-0.15, -0.1) is 0 Å². The normalized spacial score (nSPS) is 16.8. The van der Waals surface area contributed by atoms with Crippen molar-refractivity contribution in [2.24, 2.45) is 5.41 Å². The molecule has 0 spiro atoms. The lowest BCUT2D eigenvalue weighted by atomic mass is 9.92. The third-order valence-corrected chi connectivity index (χ3v) is 4.58. The molecule has 0 aliphatic carbocycles. The highest BCUT2D eigenvalue weighted by Gasteiger charge is 2.28. The van der Waals surface area contributed by atoms with Crippen LogP contribution in [0.15, 0.2) is 48.5 Å². The van der Waals surface area contributed by atoms with Gasteiger partial charge in [0.2, 0.25) is 5.91 Å². The molecule has 1 N–H and O–H groups in total. The molecule has 1 aliphatic rings. The summed E-state index contributed by atoms with van der Waals surface area (Å²) in [5, 5.41) is 2.96. The van der Waals surface area contributed by atoms with Gasteiger partial charge >= 0.3 is 0 Å². The summed E-state index contributed by atoms with van der Waals surface area (Å²) < 4.78 is 5.87. The SMILES string of the molecule is C[C@@H]1Oc2ccc(NC(=O)CC(C)(C)C)cc2CN(Cc2ccccc2)C1=O. The van der Waals surface area contributed by atoms with E-state index in [9.17, 15) is 9.59 Å². The summed E-state index contributed by atoms with van der Waals surface area (Å²) in [5.74, 6) is 0.621. The molecule has 5 nitrogen and oxygen atoms in total. The molecule has 28 heavy (non-hydrogen) atoms. The van der Waals surface area contributed by atoms with Crippen molar-refractivity contribution in [1.82, 2.24) is 4.90 Å². The van der Waals surface area contributed by atoms with Gasteiger partial charge in [-0.3, -0.25) is 9.59 Å². The molecular weight excluding hydrogens is 352 g/mol. The van der Waals surface area contributed by atoms with Crippen molar-refractivity contribution >= 4 is 17.5 Å². The molecule has 1 atom stereocenters. The number of benzene rings is 2. The molecule has 3 rings (SSSR count). The summed E-state index contributed by atoms with van der Waals surface area (Å²) in [6.07, 6.45) is -0.109. The number of anilines is 1. The number of hydrogen-bond acceptors (Lipinski definition) is 3. The largest absolute Gasteiger partial charge is 0.481 e. The predicted octanol–water partition coefficient (Wildman–Crippen LogP) is 4.37. The Morgan fingerprint density at radius 1 is 1.18 bits per heavy atom. The summed E-state index contributed by atoms with van der Waals surface area (Å²) in [6.45, 7) is 8.84. The van der Waals surface area contributed by atoms with Gasteiger partial charge in [0, 0.05) is 30.8 Å². The first kappa shape index (κ1) is 19.9. The molecule has 2 amide bonds. The van der Waals surface area contributed by atoms with E-state index in [2.05, 4.69) is 5.32 Å². The van der Waals surface area contributed by atoms with Gasteiger partial charge in [-0.05, 0) is 36.1 Å². The number of amides is 2. The van der Waals surface area contributed by atoms with Gasteiger partial charge in [0.15, 0.2) is 6.10 Å². The van der Waals surface area contributed by atoms with Crippen molar-refractivity contribution in [2.45, 2.75) is 53.3 Å². The number of carbonyl (C=O) groups is 2. The van der Waals surface area contributed by atoms with E-state index in [1.165, 1.54) is 0 Å². The van der Waals surface area contributed by atoms with E-state index in [4.69, 9.17) is 4.74 Å². The molecule has 2 aromatic carbocycles. The minimum atomic E-state index is -0.550. The first-order valence-electron chi connectivity index (χ1n) is 9.63. The van der Waals surface area contributed by atoms with Crippen LogP contribution in [0.5, 0.6) is 5.75 Å². The second-order valence-electron chi connectivity index (χ2n) is 8.55. The van der Waals surface area contributed by atoms with E-state index in [0.29, 0.717) is 25.3 Å². The van der Waals surface area contributed by atoms with E-state index in [1.54, 1.807) is 11.8 Å². The van der Waals surface area contributed by atoms with Crippen molar-refractivity contribution < 1.29 is 14.3 Å². The van der Waals surface area contributed by atoms with E-state index < -0.39 is 6.10 Å². The maximum atomic E-state index is 12.8. The van der Waals surface area contributed by atoms with E-state index >= 15 is 0 Å². The van der Waals surface area contributed by atoms with Crippen LogP contribution in [-0.2, 0) is 22.7 Å². The molecule has 0 aromatic heterocycles. The first-order chi connectivity index (χ1) is 13.2. The quantitative estimate of drug-likeness (QED) is 0.857. The van der Waals surface area contributed by atoms with Crippen molar-refractivity contribution in [3.8, 4) is 5.75 Å². The number of carbonyl (C=O) groups excluding carboxylic acids is 2. The maximum absolute atomic E-state index is 12.8. The first-order valence-corrected chi connectivity index (χ1v) is 9.63. The number of hydrogen-bond donors (Lipinski definition) is 1. The van der Waals surface area contributed by atoms with Gasteiger partial charge in [-0.1, -0.05) is 51.1 Å². The molecule has 148 valence electrons. The molecule has 0 fully saturated rings. The van der Waals surface area contributed by atoms with Gasteiger partial charge in [0.1, 0.15) is 5.75 Å². The number of nitrogens with one attached hydrogen (secondary N) is 1. The van der Waals surface area contributed by atoms with Crippen LogP contribution in [0.1, 0.15) is 45.2 Å². The maximum Gasteiger partial charge on any atom is 0.263 e. The third kappa shape index (κ3) is 5.12. The molecule has 0 saturated heterocycles. The zero-order chi connectivity index (χ0) is 20.3. The zero-order valence-electron chi connectivity index (χ0n) is 17.0.